The molecule has 1 aromatic heterocycles. The second kappa shape index (κ2) is 48.6. The quantitative estimate of drug-likeness (QED) is 0.0234. The van der Waals surface area contributed by atoms with Crippen LogP contribution in [0.25, 0.3) is 10.9 Å². The maximum absolute atomic E-state index is 15.1. The van der Waals surface area contributed by atoms with E-state index in [4.69, 9.17) is 34.4 Å². The van der Waals surface area contributed by atoms with Gasteiger partial charge in [-0.25, -0.2) is 0 Å². The highest BCUT2D eigenvalue weighted by Gasteiger charge is 2.40. The number of fused-ring (bicyclic) bond motifs is 1. The number of carboxylic acids is 1. The fourth-order valence-corrected chi connectivity index (χ4v) is 11.9. The third-order valence-electron chi connectivity index (χ3n) is 18.0. The van der Waals surface area contributed by atoms with Gasteiger partial charge < -0.3 is 119 Å². The topological polar surface area (TPSA) is 676 Å². The second-order valence-electron chi connectivity index (χ2n) is 28.4. The van der Waals surface area contributed by atoms with Crippen molar-refractivity contribution in [3.05, 3.63) is 71.9 Å². The van der Waals surface area contributed by atoms with Gasteiger partial charge in [0.1, 0.15) is 72.5 Å². The van der Waals surface area contributed by atoms with Crippen LogP contribution in [0.5, 0.6) is 0 Å². The SMILES string of the molecule is CC[C@H](C)[C@H](NC(=O)[C@H](CCSC)NC(=O)[C@H](Cc1c[nH]c2ccccc12)NC(=O)[C@H](CCCCN)NC(=O)[C@H](Cc1ccccc1)NC(=O)[C@H](CC(C)C)NC(=O)[C@@H](NC(=O)[C@H](CC(N)=O)NC(=O)[C@H](CC(=O)O)NC(=O)[C@H](CC(N)=O)NC(=O)[C@@H](N)C(C)C)[C@@H](C)O)C(=O)N[C@@H](C)C(=O)N[C@@H](CC(N)=O)C(=O)NCC(N)=O. The number of hydrogen-bond donors (Lipinski definition) is 22. The van der Waals surface area contributed by atoms with Crippen LogP contribution in [0.3, 0.4) is 0 Å². The Hall–Kier alpha value is -11.3. The summed E-state index contributed by atoms with van der Waals surface area (Å²) >= 11 is 1.32. The van der Waals surface area contributed by atoms with Crippen LogP contribution in [0.1, 0.15) is 131 Å². The second-order valence-corrected chi connectivity index (χ2v) is 29.4. The van der Waals surface area contributed by atoms with Gasteiger partial charge in [0.25, 0.3) is 0 Å². The zero-order chi connectivity index (χ0) is 85.8. The van der Waals surface area contributed by atoms with E-state index in [1.165, 1.54) is 18.7 Å². The number of unbranched alkanes of at least 4 members (excludes halogenated alkanes) is 1. The highest BCUT2D eigenvalue weighted by Crippen LogP contribution is 2.21. The molecular formula is C73H112N20O20S. The van der Waals surface area contributed by atoms with Crippen molar-refractivity contribution in [2.45, 2.75) is 217 Å². The number of carbonyl (C=O) groups excluding carboxylic acids is 17. The molecule has 0 aliphatic heterocycles. The number of para-hydroxylation sites is 1. The van der Waals surface area contributed by atoms with Crippen LogP contribution in [0.2, 0.25) is 0 Å². The number of rotatable bonds is 52. The number of benzene rings is 2. The molecule has 0 fully saturated rings. The summed E-state index contributed by atoms with van der Waals surface area (Å²) in [4.78, 5) is 246. The van der Waals surface area contributed by atoms with Gasteiger partial charge in [-0.3, -0.25) is 86.3 Å². The minimum Gasteiger partial charge on any atom is -0.481 e. The lowest BCUT2D eigenvalue weighted by Gasteiger charge is -2.29. The molecule has 0 saturated carbocycles. The molecule has 0 unspecified atom stereocenters. The number of amides is 17. The number of thioether (sulfide) groups is 1. The summed E-state index contributed by atoms with van der Waals surface area (Å²) in [6, 6.07) is -5.71. The maximum atomic E-state index is 15.1. The van der Waals surface area contributed by atoms with E-state index >= 15 is 14.4 Å². The lowest BCUT2D eigenvalue weighted by molar-refractivity contribution is -0.142. The molecule has 28 N–H and O–H groups in total. The molecule has 0 saturated heterocycles. The third kappa shape index (κ3) is 33.5. The molecule has 15 atom stereocenters. The van der Waals surface area contributed by atoms with Crippen molar-refractivity contribution >= 4 is 129 Å². The normalized spacial score (nSPS) is 15.1. The first-order valence-corrected chi connectivity index (χ1v) is 38.5. The fourth-order valence-electron chi connectivity index (χ4n) is 11.4. The summed E-state index contributed by atoms with van der Waals surface area (Å²) in [6.45, 7) is 11.7. The summed E-state index contributed by atoms with van der Waals surface area (Å²) in [5, 5.41) is 53.2. The van der Waals surface area contributed by atoms with Crippen molar-refractivity contribution in [1.29, 1.82) is 0 Å². The fraction of sp³-hybridized carbons (Fsp3) is 0.562. The Bertz CT molecular complexity index is 3860. The van der Waals surface area contributed by atoms with Crippen LogP contribution in [0.15, 0.2) is 60.8 Å². The lowest BCUT2D eigenvalue weighted by Crippen LogP contribution is -2.62. The van der Waals surface area contributed by atoms with Crippen molar-refractivity contribution in [2.24, 2.45) is 52.2 Å². The Morgan fingerprint density at radius 3 is 1.39 bits per heavy atom. The number of aliphatic hydroxyl groups is 1. The number of H-pyrrole nitrogens is 1. The van der Waals surface area contributed by atoms with E-state index in [2.05, 4.69) is 74.1 Å². The Labute approximate surface area is 663 Å². The van der Waals surface area contributed by atoms with Gasteiger partial charge in [0, 0.05) is 29.9 Å². The Morgan fingerprint density at radius 2 is 0.886 bits per heavy atom. The summed E-state index contributed by atoms with van der Waals surface area (Å²) in [5.41, 5.74) is 34.7. The molecule has 0 bridgehead atoms. The first-order chi connectivity index (χ1) is 53.6. The molecule has 114 heavy (non-hydrogen) atoms. The van der Waals surface area contributed by atoms with Crippen molar-refractivity contribution in [3.8, 4) is 0 Å². The summed E-state index contributed by atoms with van der Waals surface area (Å²) in [5.74, 6) is -20.8. The summed E-state index contributed by atoms with van der Waals surface area (Å²) in [7, 11) is 0. The third-order valence-corrected chi connectivity index (χ3v) is 18.6. The Morgan fingerprint density at radius 1 is 0.456 bits per heavy atom. The van der Waals surface area contributed by atoms with Gasteiger partial charge in [0.15, 0.2) is 0 Å². The molecule has 3 aromatic rings. The minimum atomic E-state index is -2.10. The van der Waals surface area contributed by atoms with E-state index in [0.29, 0.717) is 34.9 Å². The number of aliphatic hydroxyl groups excluding tert-OH is 1. The molecule has 0 radical (unpaired) electrons. The zero-order valence-electron chi connectivity index (χ0n) is 65.3. The number of aliphatic carboxylic acids is 1. The number of aromatic amines is 1. The molecule has 3 rings (SSSR count). The number of primary amides is 4. The van der Waals surface area contributed by atoms with Crippen LogP contribution >= 0.6 is 11.8 Å². The maximum Gasteiger partial charge on any atom is 0.305 e. The van der Waals surface area contributed by atoms with Gasteiger partial charge in [-0.05, 0) is 99.5 Å². The standard InChI is InChI=1S/C73H112N20O20S/c1-10-37(6)59(72(112)82-38(7)61(101)85-49(29-53(75)95)62(102)81-34-56(78)98)92-64(104)45(23-25-114-9)84-67(107)48(28-41-33-80-43-21-15-14-20-42(41)43)87-63(103)44(22-16-17-24-74)83-66(106)47(27-40-18-12-11-13-19-40)86-65(105)46(26-35(2)3)91-73(113)60(39(8)94)93-70(110)51(31-55(77)97)88-69(109)52(32-57(99)100)89-68(108)50(30-54(76)96)90-71(111)58(79)36(4)5/h11-15,18-21,33,35-39,44-52,58-60,80,94H,10,16-17,22-32,34,74,79H2,1-9H3,(H2,75,95)(H2,76,96)(H2,77,97)(H2,78,98)(H,81,102)(H,82,112)(H,83,106)(H,84,107)(H,85,101)(H,86,105)(H,87,103)(H,88,109)(H,89,108)(H,90,111)(H,91,113)(H,92,104)(H,93,110)(H,99,100)/t37-,38-,39+,44-,45-,46-,47-,48-,49-,50-,51-,52-,58-,59-,60-/m0/s1. The molecule has 0 spiro atoms. The number of nitrogens with two attached hydrogens (primary N) is 6. The monoisotopic (exact) mass is 1620 g/mol. The average Bonchev–Trinajstić information content (AvgIpc) is 1.60. The van der Waals surface area contributed by atoms with E-state index in [-0.39, 0.29) is 50.8 Å². The van der Waals surface area contributed by atoms with Gasteiger partial charge >= 0.3 is 5.97 Å². The smallest absolute Gasteiger partial charge is 0.305 e. The molecule has 41 heteroatoms. The van der Waals surface area contributed by atoms with Crippen LogP contribution in [0, 0.1) is 17.8 Å². The lowest BCUT2D eigenvalue weighted by atomic mass is 9.97. The number of carboxylic acid groups (broad SMARTS) is 1. The molecule has 0 aliphatic rings. The molecule has 630 valence electrons. The Kier molecular flexibility index (Phi) is 41.3. The number of aromatic nitrogens is 1. The van der Waals surface area contributed by atoms with Gasteiger partial charge in [-0.2, -0.15) is 11.8 Å². The van der Waals surface area contributed by atoms with Crippen LogP contribution < -0.4 is 104 Å². The van der Waals surface area contributed by atoms with E-state index in [1.807, 2.05) is 0 Å². The average molecular weight is 1620 g/mol. The largest absolute Gasteiger partial charge is 0.481 e. The molecule has 40 nitrogen and oxygen atoms in total. The summed E-state index contributed by atoms with van der Waals surface area (Å²) < 4.78 is 0. The van der Waals surface area contributed by atoms with Gasteiger partial charge in [-0.1, -0.05) is 96.5 Å². The zero-order valence-corrected chi connectivity index (χ0v) is 66.1. The first-order valence-electron chi connectivity index (χ1n) is 37.1. The molecule has 1 heterocycles. The number of carbonyl (C=O) groups is 18. The minimum absolute atomic E-state index is 0.0274. The highest BCUT2D eigenvalue weighted by molar-refractivity contribution is 7.98. The predicted octanol–water partition coefficient (Wildman–Crippen LogP) is -6.17. The van der Waals surface area contributed by atoms with E-state index in [9.17, 15) is 82.1 Å². The molecule has 0 aliphatic carbocycles. The van der Waals surface area contributed by atoms with E-state index in [0.717, 1.165) is 6.92 Å². The summed E-state index contributed by atoms with van der Waals surface area (Å²) in [6.07, 6.45) is -2.13. The molecular weight excluding hydrogens is 1510 g/mol. The number of nitrogens with one attached hydrogen (secondary N) is 14. The van der Waals surface area contributed by atoms with Gasteiger partial charge in [0.05, 0.1) is 44.4 Å². The van der Waals surface area contributed by atoms with Crippen LogP contribution in [0.4, 0.5) is 0 Å². The Balaban J connectivity index is 2.04. The first kappa shape index (κ1) is 96.9. The van der Waals surface area contributed by atoms with Crippen LogP contribution in [-0.4, -0.2) is 231 Å². The van der Waals surface area contributed by atoms with Crippen molar-refractivity contribution in [2.75, 3.05) is 25.1 Å². The van der Waals surface area contributed by atoms with Crippen LogP contribution in [-0.2, 0) is 99.1 Å². The van der Waals surface area contributed by atoms with Gasteiger partial charge in [0.2, 0.25) is 100 Å². The van der Waals surface area contributed by atoms with Crippen molar-refractivity contribution in [3.63, 3.8) is 0 Å². The molecule has 2 aromatic carbocycles. The van der Waals surface area contributed by atoms with Crippen molar-refractivity contribution < 1.29 is 96.5 Å². The number of hydrogen-bond acceptors (Lipinski definition) is 22. The van der Waals surface area contributed by atoms with E-state index < -0.39 is 241 Å². The highest BCUT2D eigenvalue weighted by atomic mass is 32.2. The van der Waals surface area contributed by atoms with E-state index in [1.54, 1.807) is 109 Å². The molecule has 17 amide bonds. The van der Waals surface area contributed by atoms with Gasteiger partial charge in [-0.15, -0.1) is 0 Å². The predicted molar refractivity (Wildman–Crippen MR) is 416 cm³/mol. The van der Waals surface area contributed by atoms with Crippen molar-refractivity contribution in [1.82, 2.24) is 74.1 Å².